The van der Waals surface area contributed by atoms with Crippen LogP contribution in [0.5, 0.6) is 0 Å². The van der Waals surface area contributed by atoms with Crippen LogP contribution in [0.1, 0.15) is 45.1 Å². The molecular formula is C16H24. The molecule has 0 aliphatic heterocycles. The Morgan fingerprint density at radius 3 is 2.19 bits per heavy atom. The number of unbranched alkanes of at least 4 members (excludes halogenated alkanes) is 2. The van der Waals surface area contributed by atoms with Gasteiger partial charge in [-0.2, -0.15) is 0 Å². The highest BCUT2D eigenvalue weighted by Gasteiger charge is 1.76. The van der Waals surface area contributed by atoms with Gasteiger partial charge in [-0.15, -0.1) is 0 Å². The lowest BCUT2D eigenvalue weighted by atomic mass is 10.2. The summed E-state index contributed by atoms with van der Waals surface area (Å²) in [5, 5.41) is 0. The summed E-state index contributed by atoms with van der Waals surface area (Å²) in [5.41, 5.74) is 1.17. The van der Waals surface area contributed by atoms with Crippen molar-refractivity contribution in [3.05, 3.63) is 54.6 Å². The van der Waals surface area contributed by atoms with Gasteiger partial charge in [-0.1, -0.05) is 81.8 Å². The lowest BCUT2D eigenvalue weighted by Gasteiger charge is -1.85. The van der Waals surface area contributed by atoms with Crippen LogP contribution in [0, 0.1) is 0 Å². The predicted molar refractivity (Wildman–Crippen MR) is 75.5 cm³/mol. The summed E-state index contributed by atoms with van der Waals surface area (Å²) >= 11 is 0. The van der Waals surface area contributed by atoms with Gasteiger partial charge in [-0.05, 0) is 18.4 Å². The van der Waals surface area contributed by atoms with Gasteiger partial charge in [0, 0.05) is 0 Å². The Balaban J connectivity index is 0.000000281. The van der Waals surface area contributed by atoms with E-state index in [4.69, 9.17) is 0 Å². The molecule has 0 atom stereocenters. The van der Waals surface area contributed by atoms with E-state index in [9.17, 15) is 0 Å². The number of hydrogen-bond donors (Lipinski definition) is 0. The molecule has 0 aliphatic rings. The third-order valence-corrected chi connectivity index (χ3v) is 2.16. The topological polar surface area (TPSA) is 0 Å². The molecule has 0 amide bonds. The summed E-state index contributed by atoms with van der Waals surface area (Å²) in [7, 11) is 0. The van der Waals surface area contributed by atoms with Gasteiger partial charge in [-0.3, -0.25) is 0 Å². The van der Waals surface area contributed by atoms with Gasteiger partial charge in [0.1, 0.15) is 0 Å². The Hall–Kier alpha value is -1.30. The van der Waals surface area contributed by atoms with Crippen molar-refractivity contribution in [1.29, 1.82) is 0 Å². The van der Waals surface area contributed by atoms with Crippen LogP contribution < -0.4 is 0 Å². The molecule has 0 heteroatoms. The Morgan fingerprint density at radius 1 is 1.06 bits per heavy atom. The zero-order valence-corrected chi connectivity index (χ0v) is 10.7. The van der Waals surface area contributed by atoms with Gasteiger partial charge >= 0.3 is 0 Å². The van der Waals surface area contributed by atoms with Gasteiger partial charge in [0.15, 0.2) is 0 Å². The average molecular weight is 216 g/mol. The monoisotopic (exact) mass is 216 g/mol. The maximum atomic E-state index is 3.63. The molecular weight excluding hydrogens is 192 g/mol. The molecule has 0 radical (unpaired) electrons. The van der Waals surface area contributed by atoms with Gasteiger partial charge in [-0.25, -0.2) is 0 Å². The van der Waals surface area contributed by atoms with Gasteiger partial charge in [0.05, 0.1) is 0 Å². The number of rotatable bonds is 5. The van der Waals surface area contributed by atoms with E-state index in [-0.39, 0.29) is 0 Å². The highest BCUT2D eigenvalue weighted by Crippen LogP contribution is 1.97. The van der Waals surface area contributed by atoms with Gasteiger partial charge in [0.2, 0.25) is 0 Å². The van der Waals surface area contributed by atoms with Crippen LogP contribution in [0.3, 0.4) is 0 Å². The molecule has 0 N–H and O–H groups in total. The second-order valence-electron chi connectivity index (χ2n) is 3.64. The quantitative estimate of drug-likeness (QED) is 0.452. The van der Waals surface area contributed by atoms with Crippen LogP contribution in [-0.4, -0.2) is 0 Å². The third kappa shape index (κ3) is 9.26. The van der Waals surface area contributed by atoms with E-state index >= 15 is 0 Å². The van der Waals surface area contributed by atoms with E-state index in [0.29, 0.717) is 0 Å². The first kappa shape index (κ1) is 14.7. The standard InChI is InChI=1S/C8H8.C8H16/c1-2-8-6-4-3-5-7-8;1-3-5-7-8-6-4-2/h2-7H,1H2;5,7H,3-4,6,8H2,1-2H3. The SMILES string of the molecule is C=Cc1ccccc1.CCC=CCCCC. The van der Waals surface area contributed by atoms with Crippen LogP contribution in [0.25, 0.3) is 6.08 Å². The molecule has 0 saturated heterocycles. The first-order chi connectivity index (χ1) is 7.85. The number of hydrogen-bond acceptors (Lipinski definition) is 0. The minimum Gasteiger partial charge on any atom is -0.0985 e. The maximum Gasteiger partial charge on any atom is -0.0263 e. The minimum absolute atomic E-state index is 1.17. The first-order valence-electron chi connectivity index (χ1n) is 6.17. The fraction of sp³-hybridized carbons (Fsp3) is 0.375. The van der Waals surface area contributed by atoms with E-state index in [0.717, 1.165) is 0 Å². The molecule has 16 heavy (non-hydrogen) atoms. The molecule has 88 valence electrons. The zero-order chi connectivity index (χ0) is 12.1. The van der Waals surface area contributed by atoms with E-state index in [1.54, 1.807) is 0 Å². The largest absolute Gasteiger partial charge is 0.0985 e. The molecule has 0 nitrogen and oxygen atoms in total. The van der Waals surface area contributed by atoms with E-state index in [2.05, 4.69) is 32.6 Å². The lowest BCUT2D eigenvalue weighted by molar-refractivity contribution is 0.812. The van der Waals surface area contributed by atoms with Crippen molar-refractivity contribution in [1.82, 2.24) is 0 Å². The molecule has 0 saturated carbocycles. The summed E-state index contributed by atoms with van der Waals surface area (Å²) < 4.78 is 0. The van der Waals surface area contributed by atoms with Crippen LogP contribution in [0.2, 0.25) is 0 Å². The molecule has 0 aromatic heterocycles. The summed E-state index contributed by atoms with van der Waals surface area (Å²) in [6.07, 6.45) is 11.4. The molecule has 0 unspecified atom stereocenters. The van der Waals surface area contributed by atoms with E-state index in [1.807, 2.05) is 36.4 Å². The highest BCUT2D eigenvalue weighted by atomic mass is 13.8. The Kier molecular flexibility index (Phi) is 10.8. The average Bonchev–Trinajstić information content (AvgIpc) is 2.36. The van der Waals surface area contributed by atoms with Crippen LogP contribution >= 0.6 is 0 Å². The summed E-state index contributed by atoms with van der Waals surface area (Å²) in [4.78, 5) is 0. The van der Waals surface area contributed by atoms with Crippen LogP contribution in [0.15, 0.2) is 49.1 Å². The first-order valence-corrected chi connectivity index (χ1v) is 6.17. The predicted octanol–water partition coefficient (Wildman–Crippen LogP) is 5.47. The van der Waals surface area contributed by atoms with Crippen molar-refractivity contribution in [2.75, 3.05) is 0 Å². The number of allylic oxidation sites excluding steroid dienone is 2. The molecule has 0 heterocycles. The molecule has 1 aromatic carbocycles. The Morgan fingerprint density at radius 2 is 1.75 bits per heavy atom. The molecule has 1 aromatic rings. The van der Waals surface area contributed by atoms with Crippen molar-refractivity contribution in [3.8, 4) is 0 Å². The lowest BCUT2D eigenvalue weighted by Crippen LogP contribution is -1.65. The molecule has 1 rings (SSSR count). The van der Waals surface area contributed by atoms with E-state index in [1.165, 1.54) is 31.2 Å². The normalized spacial score (nSPS) is 9.62. The third-order valence-electron chi connectivity index (χ3n) is 2.16. The van der Waals surface area contributed by atoms with Crippen molar-refractivity contribution in [2.24, 2.45) is 0 Å². The maximum absolute atomic E-state index is 3.63. The number of benzene rings is 1. The minimum atomic E-state index is 1.17. The van der Waals surface area contributed by atoms with Crippen molar-refractivity contribution >= 4 is 6.08 Å². The Labute approximate surface area is 101 Å². The van der Waals surface area contributed by atoms with Crippen molar-refractivity contribution in [2.45, 2.75) is 39.5 Å². The second kappa shape index (κ2) is 11.8. The van der Waals surface area contributed by atoms with Crippen LogP contribution in [-0.2, 0) is 0 Å². The van der Waals surface area contributed by atoms with E-state index < -0.39 is 0 Å². The van der Waals surface area contributed by atoms with Gasteiger partial charge in [0.25, 0.3) is 0 Å². The second-order valence-corrected chi connectivity index (χ2v) is 3.64. The fourth-order valence-corrected chi connectivity index (χ4v) is 1.20. The highest BCUT2D eigenvalue weighted by molar-refractivity contribution is 5.45. The summed E-state index contributed by atoms with van der Waals surface area (Å²) in [6.45, 7) is 8.02. The summed E-state index contributed by atoms with van der Waals surface area (Å²) in [5.74, 6) is 0. The Bertz CT molecular complexity index is 269. The molecule has 0 bridgehead atoms. The molecule has 0 fully saturated rings. The summed E-state index contributed by atoms with van der Waals surface area (Å²) in [6, 6.07) is 10.0. The molecule has 0 aliphatic carbocycles. The zero-order valence-electron chi connectivity index (χ0n) is 10.7. The smallest absolute Gasteiger partial charge is 0.0263 e. The van der Waals surface area contributed by atoms with Crippen molar-refractivity contribution in [3.63, 3.8) is 0 Å². The fourth-order valence-electron chi connectivity index (χ4n) is 1.20. The van der Waals surface area contributed by atoms with Crippen LogP contribution in [0.4, 0.5) is 0 Å². The van der Waals surface area contributed by atoms with Crippen molar-refractivity contribution < 1.29 is 0 Å². The van der Waals surface area contributed by atoms with Gasteiger partial charge < -0.3 is 0 Å². The molecule has 0 spiro atoms.